The minimum absolute atomic E-state index is 0.0488. The Morgan fingerprint density at radius 1 is 0.564 bits per heavy atom. The molecule has 39 heavy (non-hydrogen) atoms. The molecule has 1 aromatic carbocycles. The minimum Gasteiger partial charge on any atom is -0.462 e. The van der Waals surface area contributed by atoms with Crippen LogP contribution in [0.15, 0.2) is 18.2 Å². The van der Waals surface area contributed by atoms with Gasteiger partial charge in [-0.1, -0.05) is 80.1 Å². The maximum atomic E-state index is 13.0. The van der Waals surface area contributed by atoms with E-state index in [4.69, 9.17) is 14.2 Å². The van der Waals surface area contributed by atoms with Gasteiger partial charge in [0.25, 0.3) is 0 Å². The summed E-state index contributed by atoms with van der Waals surface area (Å²) in [4.78, 5) is 38.5. The van der Waals surface area contributed by atoms with E-state index in [1.54, 1.807) is 0 Å². The van der Waals surface area contributed by atoms with Crippen molar-refractivity contribution in [2.24, 2.45) is 17.8 Å². The molecule has 6 nitrogen and oxygen atoms in total. The van der Waals surface area contributed by atoms with Crippen molar-refractivity contribution in [3.63, 3.8) is 0 Å². The monoisotopic (exact) mass is 546 g/mol. The van der Waals surface area contributed by atoms with E-state index in [2.05, 4.69) is 41.5 Å². The summed E-state index contributed by atoms with van der Waals surface area (Å²) in [5.74, 6) is 0.254. The van der Waals surface area contributed by atoms with Gasteiger partial charge in [0.1, 0.15) is 0 Å². The van der Waals surface area contributed by atoms with Gasteiger partial charge in [-0.3, -0.25) is 0 Å². The van der Waals surface area contributed by atoms with Crippen molar-refractivity contribution in [2.45, 2.75) is 119 Å². The molecule has 0 aromatic heterocycles. The first-order valence-electron chi connectivity index (χ1n) is 15.4. The number of carbonyl (C=O) groups is 3. The summed E-state index contributed by atoms with van der Waals surface area (Å²) in [6.07, 6.45) is 12.0. The molecule has 3 atom stereocenters. The second kappa shape index (κ2) is 20.5. The first kappa shape index (κ1) is 34.7. The molecule has 0 heterocycles. The zero-order valence-corrected chi connectivity index (χ0v) is 25.5. The van der Waals surface area contributed by atoms with Crippen LogP contribution >= 0.6 is 0 Å². The molecular weight excluding hydrogens is 492 g/mol. The summed E-state index contributed by atoms with van der Waals surface area (Å²) in [5.41, 5.74) is 0.394. The number of unbranched alkanes of at least 4 members (excludes halogenated alkanes) is 3. The lowest BCUT2D eigenvalue weighted by molar-refractivity contribution is 0.0447. The van der Waals surface area contributed by atoms with Gasteiger partial charge in [0.05, 0.1) is 36.5 Å². The molecule has 0 N–H and O–H groups in total. The Hall–Kier alpha value is -2.37. The second-order valence-electron chi connectivity index (χ2n) is 11.2. The first-order valence-corrected chi connectivity index (χ1v) is 15.4. The average Bonchev–Trinajstić information content (AvgIpc) is 2.95. The molecule has 1 aromatic rings. The fourth-order valence-corrected chi connectivity index (χ4v) is 4.15. The van der Waals surface area contributed by atoms with E-state index < -0.39 is 17.9 Å². The van der Waals surface area contributed by atoms with Gasteiger partial charge in [-0.15, -0.1) is 0 Å². The van der Waals surface area contributed by atoms with Crippen molar-refractivity contribution in [3.8, 4) is 0 Å². The SMILES string of the molecule is CCC(C)CCCCOC(=O)c1ccc(C(=O)OCCCCC(C)CC)c(C(=O)OCCCCC(C)CC)c1. The van der Waals surface area contributed by atoms with Gasteiger partial charge in [-0.05, 0) is 74.5 Å². The van der Waals surface area contributed by atoms with Gasteiger partial charge in [-0.25, -0.2) is 14.4 Å². The highest BCUT2D eigenvalue weighted by Gasteiger charge is 2.22. The largest absolute Gasteiger partial charge is 0.462 e. The third-order valence-electron chi connectivity index (χ3n) is 7.76. The molecule has 0 bridgehead atoms. The maximum Gasteiger partial charge on any atom is 0.339 e. The van der Waals surface area contributed by atoms with E-state index in [1.165, 1.54) is 18.2 Å². The van der Waals surface area contributed by atoms with Crippen LogP contribution in [-0.4, -0.2) is 37.7 Å². The minimum atomic E-state index is -0.620. The standard InChI is InChI=1S/C33H54O6/c1-7-25(4)16-10-13-21-37-31(34)28-19-20-29(32(35)38-22-14-11-17-26(5)8-2)30(24-28)33(36)39-23-15-12-18-27(6)9-3/h19-20,24-27H,7-18,21-23H2,1-6H3. The summed E-state index contributed by atoms with van der Waals surface area (Å²) in [7, 11) is 0. The van der Waals surface area contributed by atoms with Crippen LogP contribution in [0.1, 0.15) is 150 Å². The molecule has 0 radical (unpaired) electrons. The number of hydrogen-bond donors (Lipinski definition) is 0. The lowest BCUT2D eigenvalue weighted by Gasteiger charge is -2.13. The van der Waals surface area contributed by atoms with Crippen molar-refractivity contribution in [3.05, 3.63) is 34.9 Å². The molecule has 0 spiro atoms. The Labute approximate surface area is 237 Å². The van der Waals surface area contributed by atoms with Crippen LogP contribution in [0.5, 0.6) is 0 Å². The molecule has 0 saturated carbocycles. The molecule has 0 aliphatic rings. The normalized spacial score (nSPS) is 13.4. The van der Waals surface area contributed by atoms with Crippen LogP contribution < -0.4 is 0 Å². The third kappa shape index (κ3) is 14.5. The molecule has 0 aliphatic heterocycles. The fourth-order valence-electron chi connectivity index (χ4n) is 4.15. The molecule has 0 aliphatic carbocycles. The highest BCUT2D eigenvalue weighted by Crippen LogP contribution is 2.19. The zero-order chi connectivity index (χ0) is 29.0. The number of ether oxygens (including phenoxy) is 3. The number of carbonyl (C=O) groups excluding carboxylic acids is 3. The van der Waals surface area contributed by atoms with Gasteiger partial charge in [0, 0.05) is 0 Å². The second-order valence-corrected chi connectivity index (χ2v) is 11.2. The smallest absolute Gasteiger partial charge is 0.339 e. The molecular formula is C33H54O6. The van der Waals surface area contributed by atoms with E-state index in [1.807, 2.05) is 0 Å². The van der Waals surface area contributed by atoms with E-state index >= 15 is 0 Å². The number of hydrogen-bond acceptors (Lipinski definition) is 6. The highest BCUT2D eigenvalue weighted by atomic mass is 16.5. The molecule has 222 valence electrons. The summed E-state index contributed by atoms with van der Waals surface area (Å²) < 4.78 is 16.4. The van der Waals surface area contributed by atoms with Crippen molar-refractivity contribution >= 4 is 17.9 Å². The molecule has 6 heteroatoms. The Balaban J connectivity index is 2.81. The third-order valence-corrected chi connectivity index (χ3v) is 7.76. The fraction of sp³-hybridized carbons (Fsp3) is 0.727. The summed E-state index contributed by atoms with van der Waals surface area (Å²) in [6.45, 7) is 14.0. The van der Waals surface area contributed by atoms with Gasteiger partial charge < -0.3 is 14.2 Å². The number of rotatable bonds is 21. The van der Waals surface area contributed by atoms with Crippen LogP contribution in [-0.2, 0) is 14.2 Å². The summed E-state index contributed by atoms with van der Waals surface area (Å²) >= 11 is 0. The zero-order valence-electron chi connectivity index (χ0n) is 25.5. The first-order chi connectivity index (χ1) is 18.7. The summed E-state index contributed by atoms with van der Waals surface area (Å²) in [5, 5.41) is 0. The van der Waals surface area contributed by atoms with Crippen LogP contribution in [0.3, 0.4) is 0 Å². The van der Waals surface area contributed by atoms with E-state index in [0.29, 0.717) is 31.0 Å². The van der Waals surface area contributed by atoms with Gasteiger partial charge in [-0.2, -0.15) is 0 Å². The Bertz CT molecular complexity index is 849. The highest BCUT2D eigenvalue weighted by molar-refractivity contribution is 6.05. The summed E-state index contributed by atoms with van der Waals surface area (Å²) in [6, 6.07) is 4.40. The molecule has 0 fully saturated rings. The molecule has 3 unspecified atom stereocenters. The van der Waals surface area contributed by atoms with Crippen LogP contribution in [0.4, 0.5) is 0 Å². The predicted octanol–water partition coefficient (Wildman–Crippen LogP) is 8.81. The number of esters is 3. The molecule has 1 rings (SSSR count). The Kier molecular flexibility index (Phi) is 18.2. The lowest BCUT2D eigenvalue weighted by atomic mass is 10.0. The van der Waals surface area contributed by atoms with Gasteiger partial charge in [0.2, 0.25) is 0 Å². The average molecular weight is 547 g/mol. The molecule has 0 saturated heterocycles. The quantitative estimate of drug-likeness (QED) is 0.0871. The number of benzene rings is 1. The van der Waals surface area contributed by atoms with Crippen LogP contribution in [0.25, 0.3) is 0 Å². The van der Waals surface area contributed by atoms with Crippen molar-refractivity contribution in [2.75, 3.05) is 19.8 Å². The predicted molar refractivity (Wildman–Crippen MR) is 157 cm³/mol. The van der Waals surface area contributed by atoms with Crippen molar-refractivity contribution in [1.29, 1.82) is 0 Å². The van der Waals surface area contributed by atoms with E-state index in [9.17, 15) is 14.4 Å². The van der Waals surface area contributed by atoms with Crippen molar-refractivity contribution in [1.82, 2.24) is 0 Å². The maximum absolute atomic E-state index is 13.0. The van der Waals surface area contributed by atoms with Crippen molar-refractivity contribution < 1.29 is 28.6 Å². The lowest BCUT2D eigenvalue weighted by Crippen LogP contribution is -2.17. The van der Waals surface area contributed by atoms with E-state index in [-0.39, 0.29) is 23.3 Å². The van der Waals surface area contributed by atoms with Gasteiger partial charge >= 0.3 is 17.9 Å². The Morgan fingerprint density at radius 3 is 1.36 bits per heavy atom. The van der Waals surface area contributed by atoms with Gasteiger partial charge in [0.15, 0.2) is 0 Å². The molecule has 0 amide bonds. The van der Waals surface area contributed by atoms with E-state index in [0.717, 1.165) is 77.0 Å². The topological polar surface area (TPSA) is 78.9 Å². The van der Waals surface area contributed by atoms with Crippen LogP contribution in [0, 0.1) is 17.8 Å². The Morgan fingerprint density at radius 2 is 0.949 bits per heavy atom. The van der Waals surface area contributed by atoms with Crippen LogP contribution in [0.2, 0.25) is 0 Å².